The Hall–Kier alpha value is -2.44. The molecule has 13 heteroatoms. The van der Waals surface area contributed by atoms with Gasteiger partial charge in [0.2, 0.25) is 10.0 Å². The van der Waals surface area contributed by atoms with Gasteiger partial charge in [-0.15, -0.1) is 0 Å². The lowest BCUT2D eigenvalue weighted by molar-refractivity contribution is 0.0933. The van der Waals surface area contributed by atoms with Gasteiger partial charge >= 0.3 is 6.09 Å². The molecule has 2 heterocycles. The van der Waals surface area contributed by atoms with Crippen LogP contribution >= 0.6 is 34.5 Å². The standard InChI is InChI=1S/C23H24Cl2N4O5S2/c1-3-29-19-17(24)9-10-18(25)20(19)35-22(29)26-21(30)15-5-7-16(8-6-15)36(32,33)28-13-11-27(12-14-28)23(31)34-4-2/h5-10H,3-4,11-14H2,1-2H3. The number of nitrogens with zero attached hydrogens (tertiary/aromatic N) is 4. The monoisotopic (exact) mass is 570 g/mol. The first-order valence-corrected chi connectivity index (χ1v) is 14.3. The summed E-state index contributed by atoms with van der Waals surface area (Å²) in [4.78, 5) is 31.0. The zero-order valence-corrected chi connectivity index (χ0v) is 22.8. The summed E-state index contributed by atoms with van der Waals surface area (Å²) in [7, 11) is -3.78. The fourth-order valence-corrected chi connectivity index (χ4v) is 7.02. The summed E-state index contributed by atoms with van der Waals surface area (Å²) < 4.78 is 35.0. The van der Waals surface area contributed by atoms with Crippen molar-refractivity contribution >= 4 is 66.8 Å². The van der Waals surface area contributed by atoms with Crippen molar-refractivity contribution in [1.29, 1.82) is 0 Å². The van der Waals surface area contributed by atoms with E-state index in [1.807, 2.05) is 11.5 Å². The normalized spacial score (nSPS) is 15.4. The lowest BCUT2D eigenvalue weighted by atomic mass is 10.2. The van der Waals surface area contributed by atoms with Gasteiger partial charge in [0.25, 0.3) is 5.91 Å². The highest BCUT2D eigenvalue weighted by Crippen LogP contribution is 2.32. The largest absolute Gasteiger partial charge is 0.450 e. The van der Waals surface area contributed by atoms with E-state index in [1.165, 1.54) is 44.8 Å². The molecule has 2 amide bonds. The zero-order chi connectivity index (χ0) is 26.0. The molecule has 0 unspecified atom stereocenters. The van der Waals surface area contributed by atoms with Crippen molar-refractivity contribution in [1.82, 2.24) is 13.8 Å². The number of benzene rings is 2. The molecule has 0 bridgehead atoms. The second kappa shape index (κ2) is 10.9. The SMILES string of the molecule is CCOC(=O)N1CCN(S(=O)(=O)c2ccc(C(=O)N=c3sc4c(Cl)ccc(Cl)c4n3CC)cc2)CC1. The minimum Gasteiger partial charge on any atom is -0.450 e. The van der Waals surface area contributed by atoms with Gasteiger partial charge in [0.1, 0.15) is 0 Å². The van der Waals surface area contributed by atoms with E-state index in [2.05, 4.69) is 4.99 Å². The molecule has 4 rings (SSSR count). The van der Waals surface area contributed by atoms with E-state index in [1.54, 1.807) is 19.1 Å². The van der Waals surface area contributed by atoms with Gasteiger partial charge in [-0.25, -0.2) is 13.2 Å². The molecule has 36 heavy (non-hydrogen) atoms. The highest BCUT2D eigenvalue weighted by atomic mass is 35.5. The molecule has 0 saturated carbocycles. The van der Waals surface area contributed by atoms with Crippen LogP contribution in [0.15, 0.2) is 46.3 Å². The Morgan fingerprint density at radius 2 is 1.64 bits per heavy atom. The molecule has 2 aromatic carbocycles. The maximum Gasteiger partial charge on any atom is 0.409 e. The zero-order valence-electron chi connectivity index (χ0n) is 19.6. The Labute approximate surface area is 222 Å². The van der Waals surface area contributed by atoms with Gasteiger partial charge in [-0.05, 0) is 50.2 Å². The average molecular weight is 572 g/mol. The molecule has 1 aromatic heterocycles. The molecular weight excluding hydrogens is 547 g/mol. The highest BCUT2D eigenvalue weighted by Gasteiger charge is 2.30. The van der Waals surface area contributed by atoms with Crippen LogP contribution in [-0.2, 0) is 21.3 Å². The van der Waals surface area contributed by atoms with Crippen LogP contribution in [0.25, 0.3) is 10.2 Å². The maximum atomic E-state index is 13.1. The highest BCUT2D eigenvalue weighted by molar-refractivity contribution is 7.89. The van der Waals surface area contributed by atoms with Crippen LogP contribution in [0.4, 0.5) is 4.79 Å². The van der Waals surface area contributed by atoms with Gasteiger partial charge in [0.05, 0.1) is 31.8 Å². The summed E-state index contributed by atoms with van der Waals surface area (Å²) in [6, 6.07) is 9.07. The molecule has 3 aromatic rings. The number of halogens is 2. The van der Waals surface area contributed by atoms with Crippen molar-refractivity contribution in [2.75, 3.05) is 32.8 Å². The number of aryl methyl sites for hydroxylation is 1. The van der Waals surface area contributed by atoms with Crippen LogP contribution in [-0.4, -0.2) is 67.0 Å². The third-order valence-corrected chi connectivity index (χ3v) is 9.50. The smallest absolute Gasteiger partial charge is 0.409 e. The number of amides is 2. The lowest BCUT2D eigenvalue weighted by Crippen LogP contribution is -2.50. The number of sulfonamides is 1. The average Bonchev–Trinajstić information content (AvgIpc) is 3.26. The topological polar surface area (TPSA) is 101 Å². The number of carbonyl (C=O) groups excluding carboxylic acids is 2. The predicted octanol–water partition coefficient (Wildman–Crippen LogP) is 4.23. The molecule has 1 aliphatic heterocycles. The van der Waals surface area contributed by atoms with Gasteiger partial charge in [-0.3, -0.25) is 4.79 Å². The van der Waals surface area contributed by atoms with Crippen LogP contribution in [0, 0.1) is 0 Å². The van der Waals surface area contributed by atoms with Crippen molar-refractivity contribution in [3.8, 4) is 0 Å². The van der Waals surface area contributed by atoms with Crippen LogP contribution in [0.5, 0.6) is 0 Å². The first kappa shape index (κ1) is 26.6. The van der Waals surface area contributed by atoms with E-state index < -0.39 is 22.0 Å². The molecule has 0 radical (unpaired) electrons. The number of hydrogen-bond acceptors (Lipinski definition) is 6. The van der Waals surface area contributed by atoms with Crippen LogP contribution in [0.1, 0.15) is 24.2 Å². The Morgan fingerprint density at radius 3 is 2.25 bits per heavy atom. The van der Waals surface area contributed by atoms with E-state index in [-0.39, 0.29) is 43.2 Å². The number of carbonyl (C=O) groups is 2. The number of piperazine rings is 1. The van der Waals surface area contributed by atoms with E-state index >= 15 is 0 Å². The van der Waals surface area contributed by atoms with Crippen molar-refractivity contribution < 1.29 is 22.7 Å². The minimum absolute atomic E-state index is 0.0627. The summed E-state index contributed by atoms with van der Waals surface area (Å²) in [6.45, 7) is 5.23. The number of hydrogen-bond donors (Lipinski definition) is 0. The Kier molecular flexibility index (Phi) is 8.06. The maximum absolute atomic E-state index is 13.1. The molecule has 0 spiro atoms. The Bertz CT molecular complexity index is 1470. The third-order valence-electron chi connectivity index (χ3n) is 5.75. The van der Waals surface area contributed by atoms with Crippen molar-refractivity contribution in [2.24, 2.45) is 4.99 Å². The van der Waals surface area contributed by atoms with Crippen molar-refractivity contribution in [3.63, 3.8) is 0 Å². The quantitative estimate of drug-likeness (QED) is 0.456. The molecule has 0 aliphatic carbocycles. The molecule has 1 saturated heterocycles. The molecule has 0 N–H and O–H groups in total. The fraction of sp³-hybridized carbons (Fsp3) is 0.348. The lowest BCUT2D eigenvalue weighted by Gasteiger charge is -2.33. The molecule has 9 nitrogen and oxygen atoms in total. The van der Waals surface area contributed by atoms with Crippen LogP contribution < -0.4 is 4.80 Å². The molecule has 192 valence electrons. The van der Waals surface area contributed by atoms with Crippen molar-refractivity contribution in [2.45, 2.75) is 25.3 Å². The van der Waals surface area contributed by atoms with E-state index in [9.17, 15) is 18.0 Å². The minimum atomic E-state index is -3.78. The fourth-order valence-electron chi connectivity index (χ4n) is 3.89. The summed E-state index contributed by atoms with van der Waals surface area (Å²) >= 11 is 13.9. The summed E-state index contributed by atoms with van der Waals surface area (Å²) in [5.74, 6) is -0.511. The Balaban J connectivity index is 1.54. The van der Waals surface area contributed by atoms with Gasteiger partial charge < -0.3 is 14.2 Å². The molecule has 1 fully saturated rings. The van der Waals surface area contributed by atoms with Gasteiger partial charge in [-0.1, -0.05) is 34.5 Å². The van der Waals surface area contributed by atoms with Gasteiger partial charge in [-0.2, -0.15) is 9.30 Å². The van der Waals surface area contributed by atoms with Crippen LogP contribution in [0.3, 0.4) is 0 Å². The Morgan fingerprint density at radius 1 is 1.00 bits per heavy atom. The number of thiazole rings is 1. The molecular formula is C23H24Cl2N4O5S2. The van der Waals surface area contributed by atoms with Gasteiger partial charge in [0.15, 0.2) is 4.80 Å². The second-order valence-electron chi connectivity index (χ2n) is 7.87. The molecule has 0 atom stereocenters. The first-order chi connectivity index (χ1) is 17.2. The first-order valence-electron chi connectivity index (χ1n) is 11.3. The summed E-state index contributed by atoms with van der Waals surface area (Å²) in [5.41, 5.74) is 0.964. The van der Waals surface area contributed by atoms with E-state index in [0.717, 1.165) is 4.70 Å². The number of fused-ring (bicyclic) bond motifs is 1. The third kappa shape index (κ3) is 5.16. The van der Waals surface area contributed by atoms with Crippen molar-refractivity contribution in [3.05, 3.63) is 56.8 Å². The number of rotatable bonds is 5. The predicted molar refractivity (Wildman–Crippen MR) is 139 cm³/mol. The van der Waals surface area contributed by atoms with E-state index in [4.69, 9.17) is 27.9 Å². The second-order valence-corrected chi connectivity index (χ2v) is 11.6. The molecule has 1 aliphatic rings. The van der Waals surface area contributed by atoms with E-state index in [0.29, 0.717) is 26.9 Å². The number of aromatic nitrogens is 1. The number of ether oxygens (including phenoxy) is 1. The summed E-state index contributed by atoms with van der Waals surface area (Å²) in [6.07, 6.45) is -0.450. The van der Waals surface area contributed by atoms with Crippen LogP contribution in [0.2, 0.25) is 10.0 Å². The summed E-state index contributed by atoms with van der Waals surface area (Å²) in [5, 5.41) is 1.03. The van der Waals surface area contributed by atoms with Gasteiger partial charge in [0, 0.05) is 38.3 Å².